The lowest BCUT2D eigenvalue weighted by atomic mass is 10.1. The standard InChI is InChI=1S/C16H11ClN6O/c17-11-4-2-1-3-10(11)14-13(15-20-8-21-23-15)22-16(24-14)9-5-6-19-12(18)7-9/h1-8H,(H2,18,19)(H,20,21,23). The van der Waals surface area contributed by atoms with Crippen LogP contribution in [0.2, 0.25) is 5.02 Å². The summed E-state index contributed by atoms with van der Waals surface area (Å²) in [6.07, 6.45) is 3.07. The Bertz CT molecular complexity index is 995. The van der Waals surface area contributed by atoms with E-state index < -0.39 is 0 Å². The van der Waals surface area contributed by atoms with E-state index in [2.05, 4.69) is 25.1 Å². The molecule has 0 saturated heterocycles. The molecule has 118 valence electrons. The fraction of sp³-hybridized carbons (Fsp3) is 0. The molecule has 0 aliphatic rings. The minimum atomic E-state index is 0.381. The van der Waals surface area contributed by atoms with Gasteiger partial charge in [0.25, 0.3) is 0 Å². The molecule has 4 rings (SSSR count). The number of benzene rings is 1. The van der Waals surface area contributed by atoms with Crippen molar-refractivity contribution in [1.29, 1.82) is 0 Å². The Morgan fingerprint density at radius 2 is 2.04 bits per heavy atom. The largest absolute Gasteiger partial charge is 0.435 e. The zero-order chi connectivity index (χ0) is 16.5. The second-order valence-electron chi connectivity index (χ2n) is 4.98. The highest BCUT2D eigenvalue weighted by atomic mass is 35.5. The first-order valence-corrected chi connectivity index (χ1v) is 7.44. The average Bonchev–Trinajstić information content (AvgIpc) is 3.25. The molecule has 0 bridgehead atoms. The average molecular weight is 339 g/mol. The first-order valence-electron chi connectivity index (χ1n) is 7.06. The van der Waals surface area contributed by atoms with Crippen LogP contribution in [0, 0.1) is 0 Å². The quantitative estimate of drug-likeness (QED) is 0.592. The van der Waals surface area contributed by atoms with Gasteiger partial charge in [-0.1, -0.05) is 23.7 Å². The number of halogens is 1. The third-order valence-corrected chi connectivity index (χ3v) is 3.74. The van der Waals surface area contributed by atoms with Gasteiger partial charge in [0.15, 0.2) is 17.3 Å². The number of rotatable bonds is 3. The predicted octanol–water partition coefficient (Wildman–Crippen LogP) is 3.42. The molecule has 0 aliphatic carbocycles. The van der Waals surface area contributed by atoms with Gasteiger partial charge in [-0.2, -0.15) is 0 Å². The highest BCUT2D eigenvalue weighted by Gasteiger charge is 2.21. The smallest absolute Gasteiger partial charge is 0.227 e. The van der Waals surface area contributed by atoms with Gasteiger partial charge in [-0.05, 0) is 24.3 Å². The van der Waals surface area contributed by atoms with Crippen molar-refractivity contribution in [3.05, 3.63) is 53.9 Å². The van der Waals surface area contributed by atoms with Gasteiger partial charge in [0.2, 0.25) is 5.89 Å². The Morgan fingerprint density at radius 1 is 1.17 bits per heavy atom. The highest BCUT2D eigenvalue weighted by molar-refractivity contribution is 6.33. The SMILES string of the molecule is Nc1cc(-c2nc(-c3nnc[nH]3)c(-c3ccccc3Cl)o2)ccn1. The summed E-state index contributed by atoms with van der Waals surface area (Å²) >= 11 is 6.31. The number of hydrogen-bond donors (Lipinski definition) is 2. The van der Waals surface area contributed by atoms with Crippen molar-refractivity contribution in [2.75, 3.05) is 5.73 Å². The number of H-pyrrole nitrogens is 1. The summed E-state index contributed by atoms with van der Waals surface area (Å²) < 4.78 is 5.98. The van der Waals surface area contributed by atoms with Crippen LogP contribution in [0.1, 0.15) is 0 Å². The summed E-state index contributed by atoms with van der Waals surface area (Å²) in [6, 6.07) is 10.8. The third-order valence-electron chi connectivity index (χ3n) is 3.41. The molecule has 3 aromatic heterocycles. The van der Waals surface area contributed by atoms with Crippen LogP contribution >= 0.6 is 11.6 Å². The molecular weight excluding hydrogens is 328 g/mol. The second-order valence-corrected chi connectivity index (χ2v) is 5.39. The molecule has 0 fully saturated rings. The van der Waals surface area contributed by atoms with Crippen LogP contribution in [0.5, 0.6) is 0 Å². The Morgan fingerprint density at radius 3 is 2.79 bits per heavy atom. The lowest BCUT2D eigenvalue weighted by Gasteiger charge is -2.01. The van der Waals surface area contributed by atoms with Crippen molar-refractivity contribution in [2.45, 2.75) is 0 Å². The molecule has 8 heteroatoms. The fourth-order valence-corrected chi connectivity index (χ4v) is 2.56. The number of nitrogens with one attached hydrogen (secondary N) is 1. The molecule has 3 heterocycles. The topological polar surface area (TPSA) is 107 Å². The van der Waals surface area contributed by atoms with Crippen LogP contribution in [0.25, 0.3) is 34.3 Å². The van der Waals surface area contributed by atoms with Gasteiger partial charge in [-0.3, -0.25) is 0 Å². The maximum atomic E-state index is 6.31. The zero-order valence-corrected chi connectivity index (χ0v) is 13.0. The van der Waals surface area contributed by atoms with Crippen LogP contribution in [0.4, 0.5) is 5.82 Å². The van der Waals surface area contributed by atoms with Crippen molar-refractivity contribution in [3.8, 4) is 34.3 Å². The van der Waals surface area contributed by atoms with Gasteiger partial charge in [0, 0.05) is 17.3 Å². The lowest BCUT2D eigenvalue weighted by Crippen LogP contribution is -1.89. The third kappa shape index (κ3) is 2.50. The summed E-state index contributed by atoms with van der Waals surface area (Å²) in [6.45, 7) is 0. The van der Waals surface area contributed by atoms with E-state index in [0.29, 0.717) is 45.1 Å². The first-order chi connectivity index (χ1) is 11.7. The molecule has 0 amide bonds. The molecule has 0 aliphatic heterocycles. The number of nitrogens with two attached hydrogens (primary N) is 1. The van der Waals surface area contributed by atoms with Gasteiger partial charge in [0.1, 0.15) is 12.1 Å². The highest BCUT2D eigenvalue weighted by Crippen LogP contribution is 2.37. The molecule has 4 aromatic rings. The van der Waals surface area contributed by atoms with Gasteiger partial charge >= 0.3 is 0 Å². The Hall–Kier alpha value is -3.19. The second kappa shape index (κ2) is 5.78. The number of aromatic amines is 1. The maximum Gasteiger partial charge on any atom is 0.227 e. The maximum absolute atomic E-state index is 6.31. The number of nitrogens with zero attached hydrogens (tertiary/aromatic N) is 4. The van der Waals surface area contributed by atoms with Crippen molar-refractivity contribution in [1.82, 2.24) is 25.1 Å². The van der Waals surface area contributed by atoms with Crippen molar-refractivity contribution < 1.29 is 4.42 Å². The molecule has 1 aromatic carbocycles. The number of anilines is 1. The Labute approximate surface area is 141 Å². The molecular formula is C16H11ClN6O. The van der Waals surface area contributed by atoms with Crippen LogP contribution in [0.3, 0.4) is 0 Å². The van der Waals surface area contributed by atoms with E-state index in [-0.39, 0.29) is 0 Å². The first kappa shape index (κ1) is 14.4. The van der Waals surface area contributed by atoms with E-state index in [4.69, 9.17) is 21.8 Å². The molecule has 0 radical (unpaired) electrons. The fourth-order valence-electron chi connectivity index (χ4n) is 2.33. The van der Waals surface area contributed by atoms with E-state index in [1.54, 1.807) is 24.4 Å². The lowest BCUT2D eigenvalue weighted by molar-refractivity contribution is 0.589. The van der Waals surface area contributed by atoms with Crippen LogP contribution in [0.15, 0.2) is 53.3 Å². The summed E-state index contributed by atoms with van der Waals surface area (Å²) in [4.78, 5) is 11.4. The van der Waals surface area contributed by atoms with Crippen molar-refractivity contribution >= 4 is 17.4 Å². The summed E-state index contributed by atoms with van der Waals surface area (Å²) in [5.74, 6) is 1.77. The number of hydrogen-bond acceptors (Lipinski definition) is 6. The molecule has 3 N–H and O–H groups in total. The van der Waals surface area contributed by atoms with Crippen molar-refractivity contribution in [3.63, 3.8) is 0 Å². The van der Waals surface area contributed by atoms with E-state index in [1.807, 2.05) is 18.2 Å². The number of pyridine rings is 1. The van der Waals surface area contributed by atoms with E-state index in [9.17, 15) is 0 Å². The van der Waals surface area contributed by atoms with Crippen LogP contribution in [-0.2, 0) is 0 Å². The van der Waals surface area contributed by atoms with E-state index >= 15 is 0 Å². The van der Waals surface area contributed by atoms with Crippen molar-refractivity contribution in [2.24, 2.45) is 0 Å². The van der Waals surface area contributed by atoms with Gasteiger partial charge < -0.3 is 15.1 Å². The predicted molar refractivity (Wildman–Crippen MR) is 90.0 cm³/mol. The summed E-state index contributed by atoms with van der Waals surface area (Å²) in [5, 5.41) is 8.37. The number of aromatic nitrogens is 5. The zero-order valence-electron chi connectivity index (χ0n) is 12.3. The Balaban J connectivity index is 1.94. The van der Waals surface area contributed by atoms with Crippen LogP contribution < -0.4 is 5.73 Å². The Kier molecular flexibility index (Phi) is 3.47. The molecule has 7 nitrogen and oxygen atoms in total. The van der Waals surface area contributed by atoms with E-state index in [1.165, 1.54) is 6.33 Å². The normalized spacial score (nSPS) is 10.9. The van der Waals surface area contributed by atoms with Gasteiger partial charge in [-0.25, -0.2) is 9.97 Å². The minimum Gasteiger partial charge on any atom is -0.435 e. The molecule has 0 atom stereocenters. The monoisotopic (exact) mass is 338 g/mol. The minimum absolute atomic E-state index is 0.381. The number of nitrogen functional groups attached to an aromatic ring is 1. The summed E-state index contributed by atoms with van der Waals surface area (Å²) in [7, 11) is 0. The summed E-state index contributed by atoms with van der Waals surface area (Å²) in [5.41, 5.74) is 7.68. The van der Waals surface area contributed by atoms with Gasteiger partial charge in [0.05, 0.1) is 5.02 Å². The molecule has 0 unspecified atom stereocenters. The molecule has 0 spiro atoms. The molecule has 24 heavy (non-hydrogen) atoms. The number of oxazole rings is 1. The van der Waals surface area contributed by atoms with Crippen LogP contribution in [-0.4, -0.2) is 25.1 Å². The van der Waals surface area contributed by atoms with Gasteiger partial charge in [-0.15, -0.1) is 10.2 Å². The van der Waals surface area contributed by atoms with E-state index in [0.717, 1.165) is 0 Å². The molecule has 0 saturated carbocycles.